The molecule has 1 atom stereocenters. The minimum Gasteiger partial charge on any atom is -0.467 e. The largest absolute Gasteiger partial charge is 0.467 e. The van der Waals surface area contributed by atoms with Crippen molar-refractivity contribution < 1.29 is 9.21 Å². The summed E-state index contributed by atoms with van der Waals surface area (Å²) in [6.07, 6.45) is 4.41. The minimum absolute atomic E-state index is 0.175. The van der Waals surface area contributed by atoms with Crippen LogP contribution in [0.4, 0.5) is 0 Å². The maximum atomic E-state index is 12.2. The zero-order chi connectivity index (χ0) is 14.8. The van der Waals surface area contributed by atoms with E-state index in [4.69, 9.17) is 4.42 Å². The highest BCUT2D eigenvalue weighted by atomic mass is 16.3. The summed E-state index contributed by atoms with van der Waals surface area (Å²) < 4.78 is 5.15. The van der Waals surface area contributed by atoms with Crippen molar-refractivity contribution in [3.8, 4) is 0 Å². The second kappa shape index (κ2) is 5.60. The van der Waals surface area contributed by atoms with Gasteiger partial charge in [-0.1, -0.05) is 6.92 Å². The second-order valence-corrected chi connectivity index (χ2v) is 5.63. The number of carbonyl (C=O) groups is 1. The van der Waals surface area contributed by atoms with E-state index in [1.807, 2.05) is 0 Å². The smallest absolute Gasteiger partial charge is 0.261 e. The number of aryl methyl sites for hydroxylation is 1. The van der Waals surface area contributed by atoms with Crippen LogP contribution in [-0.2, 0) is 19.4 Å². The molecule has 1 unspecified atom stereocenters. The number of fused-ring (bicyclic) bond motifs is 1. The average Bonchev–Trinajstić information content (AvgIpc) is 2.98. The van der Waals surface area contributed by atoms with E-state index in [-0.39, 0.29) is 23.6 Å². The Labute approximate surface area is 122 Å². The fraction of sp³-hybridized carbons (Fsp3) is 0.375. The molecule has 2 heterocycles. The highest BCUT2D eigenvalue weighted by Gasteiger charge is 2.20. The van der Waals surface area contributed by atoms with E-state index in [9.17, 15) is 9.59 Å². The van der Waals surface area contributed by atoms with Crippen LogP contribution in [0.1, 0.15) is 40.7 Å². The van der Waals surface area contributed by atoms with Gasteiger partial charge in [-0.3, -0.25) is 9.59 Å². The second-order valence-electron chi connectivity index (χ2n) is 5.63. The van der Waals surface area contributed by atoms with E-state index < -0.39 is 0 Å². The third-order valence-corrected chi connectivity index (χ3v) is 3.92. The van der Waals surface area contributed by atoms with Gasteiger partial charge in [-0.25, -0.2) is 0 Å². The van der Waals surface area contributed by atoms with Crippen molar-refractivity contribution in [2.24, 2.45) is 5.92 Å². The van der Waals surface area contributed by atoms with Gasteiger partial charge in [0.2, 0.25) is 0 Å². The van der Waals surface area contributed by atoms with Crippen LogP contribution in [0.2, 0.25) is 0 Å². The van der Waals surface area contributed by atoms with E-state index in [0.29, 0.717) is 11.7 Å². The van der Waals surface area contributed by atoms with E-state index in [1.165, 1.54) is 0 Å². The number of aromatic amines is 1. The van der Waals surface area contributed by atoms with E-state index in [0.717, 1.165) is 30.5 Å². The third-order valence-electron chi connectivity index (χ3n) is 3.92. The Morgan fingerprint density at radius 1 is 1.52 bits per heavy atom. The molecule has 2 aromatic heterocycles. The Balaban J connectivity index is 1.79. The van der Waals surface area contributed by atoms with Gasteiger partial charge in [0.15, 0.2) is 0 Å². The standard InChI is InChI=1S/C16H18N2O3/c1-10-4-5-14-11(7-10)8-13(16(20)18-14)15(19)17-9-12-3-2-6-21-12/h2-3,6,8,10H,4-5,7,9H2,1H3,(H,17,19)(H,18,20). The van der Waals surface area contributed by atoms with Gasteiger partial charge >= 0.3 is 0 Å². The molecular weight excluding hydrogens is 268 g/mol. The molecule has 1 amide bonds. The Bertz CT molecular complexity index is 701. The molecule has 0 bridgehead atoms. The molecule has 3 rings (SSSR count). The highest BCUT2D eigenvalue weighted by Crippen LogP contribution is 2.23. The molecule has 2 aromatic rings. The van der Waals surface area contributed by atoms with Gasteiger partial charge in [0, 0.05) is 5.69 Å². The lowest BCUT2D eigenvalue weighted by Crippen LogP contribution is -2.31. The van der Waals surface area contributed by atoms with Gasteiger partial charge in [-0.05, 0) is 48.9 Å². The number of aromatic nitrogens is 1. The first-order valence-corrected chi connectivity index (χ1v) is 7.19. The van der Waals surface area contributed by atoms with Crippen LogP contribution < -0.4 is 10.9 Å². The zero-order valence-electron chi connectivity index (χ0n) is 11.9. The lowest BCUT2D eigenvalue weighted by molar-refractivity contribution is 0.0946. The van der Waals surface area contributed by atoms with Crippen LogP contribution in [0, 0.1) is 5.92 Å². The van der Waals surface area contributed by atoms with Gasteiger partial charge in [-0.15, -0.1) is 0 Å². The minimum atomic E-state index is -0.367. The topological polar surface area (TPSA) is 75.1 Å². The molecule has 0 spiro atoms. The summed E-state index contributed by atoms with van der Waals surface area (Å²) in [6.45, 7) is 2.46. The van der Waals surface area contributed by atoms with Crippen LogP contribution in [-0.4, -0.2) is 10.9 Å². The predicted octanol–water partition coefficient (Wildman–Crippen LogP) is 2.02. The van der Waals surface area contributed by atoms with Crippen molar-refractivity contribution in [3.05, 3.63) is 57.4 Å². The molecule has 0 fully saturated rings. The summed E-state index contributed by atoms with van der Waals surface area (Å²) in [4.78, 5) is 27.0. The van der Waals surface area contributed by atoms with Crippen LogP contribution >= 0.6 is 0 Å². The van der Waals surface area contributed by atoms with E-state index >= 15 is 0 Å². The zero-order valence-corrected chi connectivity index (χ0v) is 11.9. The SMILES string of the molecule is CC1CCc2[nH]c(=O)c(C(=O)NCc3ccco3)cc2C1. The summed E-state index contributed by atoms with van der Waals surface area (Å²) in [5, 5.41) is 2.71. The number of hydrogen-bond acceptors (Lipinski definition) is 3. The number of carbonyl (C=O) groups excluding carboxylic acids is 1. The summed E-state index contributed by atoms with van der Waals surface area (Å²) in [6, 6.07) is 5.27. The maximum Gasteiger partial charge on any atom is 0.261 e. The molecule has 110 valence electrons. The number of hydrogen-bond donors (Lipinski definition) is 2. The Morgan fingerprint density at radius 2 is 2.38 bits per heavy atom. The number of nitrogens with one attached hydrogen (secondary N) is 2. The molecular formula is C16H18N2O3. The summed E-state index contributed by atoms with van der Waals surface area (Å²) >= 11 is 0. The van der Waals surface area contributed by atoms with Crippen molar-refractivity contribution in [2.45, 2.75) is 32.7 Å². The summed E-state index contributed by atoms with van der Waals surface area (Å²) in [5.41, 5.74) is 1.91. The lowest BCUT2D eigenvalue weighted by atomic mass is 9.87. The van der Waals surface area contributed by atoms with Crippen molar-refractivity contribution in [1.82, 2.24) is 10.3 Å². The fourth-order valence-corrected chi connectivity index (χ4v) is 2.73. The third kappa shape index (κ3) is 2.91. The quantitative estimate of drug-likeness (QED) is 0.906. The van der Waals surface area contributed by atoms with Gasteiger partial charge in [0.25, 0.3) is 11.5 Å². The molecule has 1 aliphatic rings. The molecule has 0 radical (unpaired) electrons. The van der Waals surface area contributed by atoms with Crippen molar-refractivity contribution >= 4 is 5.91 Å². The van der Waals surface area contributed by atoms with E-state index in [2.05, 4.69) is 17.2 Å². The van der Waals surface area contributed by atoms with Crippen LogP contribution in [0.3, 0.4) is 0 Å². The lowest BCUT2D eigenvalue weighted by Gasteiger charge is -2.21. The Hall–Kier alpha value is -2.30. The van der Waals surface area contributed by atoms with E-state index in [1.54, 1.807) is 24.5 Å². The molecule has 1 aliphatic carbocycles. The predicted molar refractivity (Wildman–Crippen MR) is 78.1 cm³/mol. The normalized spacial score (nSPS) is 17.3. The van der Waals surface area contributed by atoms with Gasteiger partial charge < -0.3 is 14.7 Å². The number of H-pyrrole nitrogens is 1. The number of rotatable bonds is 3. The van der Waals surface area contributed by atoms with Gasteiger partial charge in [-0.2, -0.15) is 0 Å². The Kier molecular flexibility index (Phi) is 3.64. The van der Waals surface area contributed by atoms with Crippen molar-refractivity contribution in [1.29, 1.82) is 0 Å². The molecule has 0 aliphatic heterocycles. The highest BCUT2D eigenvalue weighted by molar-refractivity contribution is 5.93. The first-order chi connectivity index (χ1) is 10.1. The van der Waals surface area contributed by atoms with Crippen molar-refractivity contribution in [2.75, 3.05) is 0 Å². The maximum absolute atomic E-state index is 12.2. The molecule has 0 saturated heterocycles. The number of furan rings is 1. The number of pyridine rings is 1. The molecule has 5 heteroatoms. The summed E-state index contributed by atoms with van der Waals surface area (Å²) in [7, 11) is 0. The fourth-order valence-electron chi connectivity index (χ4n) is 2.73. The van der Waals surface area contributed by atoms with Gasteiger partial charge in [0.05, 0.1) is 12.8 Å². The number of amides is 1. The monoisotopic (exact) mass is 286 g/mol. The molecule has 0 aromatic carbocycles. The molecule has 0 saturated carbocycles. The van der Waals surface area contributed by atoms with Crippen LogP contribution in [0.25, 0.3) is 0 Å². The molecule has 21 heavy (non-hydrogen) atoms. The molecule has 2 N–H and O–H groups in total. The summed E-state index contributed by atoms with van der Waals surface area (Å²) in [5.74, 6) is 0.877. The van der Waals surface area contributed by atoms with Crippen LogP contribution in [0.5, 0.6) is 0 Å². The van der Waals surface area contributed by atoms with Gasteiger partial charge in [0.1, 0.15) is 11.3 Å². The first kappa shape index (κ1) is 13.7. The Morgan fingerprint density at radius 3 is 3.14 bits per heavy atom. The average molecular weight is 286 g/mol. The molecule has 5 nitrogen and oxygen atoms in total. The first-order valence-electron chi connectivity index (χ1n) is 7.19. The van der Waals surface area contributed by atoms with Crippen LogP contribution in [0.15, 0.2) is 33.7 Å². The van der Waals surface area contributed by atoms with Crippen molar-refractivity contribution in [3.63, 3.8) is 0 Å².